The molecule has 3 aromatic heterocycles. The van der Waals surface area contributed by atoms with Crippen LogP contribution in [0, 0.1) is 0 Å². The molecule has 0 bridgehead atoms. The van der Waals surface area contributed by atoms with Crippen LogP contribution in [0.2, 0.25) is 36.9 Å². The summed E-state index contributed by atoms with van der Waals surface area (Å²) in [7, 11) is -1.86. The molecule has 0 radical (unpaired) electrons. The van der Waals surface area contributed by atoms with Gasteiger partial charge in [0.05, 0.1) is 13.8 Å². The number of nitrogens with zero attached hydrogens (tertiary/aromatic N) is 4. The molecule has 4 heterocycles. The summed E-state index contributed by atoms with van der Waals surface area (Å²) in [6.45, 7) is 21.0. The zero-order valence-electron chi connectivity index (χ0n) is 32.8. The minimum absolute atomic E-state index is 0.00847. The van der Waals surface area contributed by atoms with E-state index in [1.807, 2.05) is 0 Å². The summed E-state index contributed by atoms with van der Waals surface area (Å²) in [5.74, 6) is 8.92. The first kappa shape index (κ1) is 34.8. The van der Waals surface area contributed by atoms with Crippen molar-refractivity contribution in [2.45, 2.75) is 89.3 Å². The van der Waals surface area contributed by atoms with Gasteiger partial charge in [-0.05, 0) is 23.1 Å². The molecule has 0 spiro atoms. The summed E-state index contributed by atoms with van der Waals surface area (Å²) in [6.07, 6.45) is 1.71. The maximum Gasteiger partial charge on any atom is 0.0467 e. The van der Waals surface area contributed by atoms with Crippen LogP contribution in [0.4, 0.5) is 0 Å². The molecule has 264 valence electrons. The number of hydrogen-bond acceptors (Lipinski definition) is 4. The zero-order chi connectivity index (χ0) is 37.1. The maximum absolute atomic E-state index is 6.69. The normalized spacial score (nSPS) is 13.5. The van der Waals surface area contributed by atoms with Crippen LogP contribution in [-0.4, -0.2) is 40.9 Å². The van der Waals surface area contributed by atoms with Crippen LogP contribution in [-0.2, 0) is 10.8 Å². The SMILES string of the molecule is CC(C)(C)c1cc(-c2cc([Si](C)(C)C)c3c4ccccc4n(-c4ccc5c(c4)-c4ncnc6c[c]([Ge]([CH3])([CH3])[CH3])cc(c46)O5)c3c2)nc(C(C)(C)C)c1. The number of hydrogen-bond donors (Lipinski definition) is 0. The van der Waals surface area contributed by atoms with E-state index >= 15 is 0 Å². The Morgan fingerprint density at radius 2 is 1.46 bits per heavy atom. The average Bonchev–Trinajstić information content (AvgIpc) is 3.40. The van der Waals surface area contributed by atoms with Crippen molar-refractivity contribution in [3.8, 4) is 39.7 Å². The molecule has 4 aromatic carbocycles. The van der Waals surface area contributed by atoms with Gasteiger partial charge < -0.3 is 0 Å². The van der Waals surface area contributed by atoms with Crippen molar-refractivity contribution < 1.29 is 4.74 Å². The summed E-state index contributed by atoms with van der Waals surface area (Å²) >= 11 is -2.15. The molecule has 0 fully saturated rings. The molecule has 1 aliphatic rings. The van der Waals surface area contributed by atoms with Gasteiger partial charge >= 0.3 is 187 Å². The monoisotopic (exact) mass is 764 g/mol. The van der Waals surface area contributed by atoms with Crippen LogP contribution in [0.5, 0.6) is 11.5 Å². The van der Waals surface area contributed by atoms with Crippen LogP contribution in [0.15, 0.2) is 85.2 Å². The van der Waals surface area contributed by atoms with E-state index in [4.69, 9.17) is 19.7 Å². The van der Waals surface area contributed by atoms with Gasteiger partial charge in [-0.1, -0.05) is 73.3 Å². The van der Waals surface area contributed by atoms with Gasteiger partial charge in [0.25, 0.3) is 0 Å². The summed E-state index contributed by atoms with van der Waals surface area (Å²) in [5.41, 5.74) is 10.9. The number of pyridine rings is 1. The van der Waals surface area contributed by atoms with E-state index in [2.05, 4.69) is 162 Å². The van der Waals surface area contributed by atoms with Crippen molar-refractivity contribution in [1.82, 2.24) is 19.5 Å². The topological polar surface area (TPSA) is 52.8 Å². The Labute approximate surface area is 311 Å². The van der Waals surface area contributed by atoms with E-state index in [0.29, 0.717) is 0 Å². The van der Waals surface area contributed by atoms with E-state index in [9.17, 15) is 0 Å². The first-order valence-corrected chi connectivity index (χ1v) is 29.4. The Kier molecular flexibility index (Phi) is 7.77. The van der Waals surface area contributed by atoms with Gasteiger partial charge in [0, 0.05) is 11.1 Å². The van der Waals surface area contributed by atoms with E-state index in [-0.39, 0.29) is 10.8 Å². The Morgan fingerprint density at radius 3 is 2.15 bits per heavy atom. The summed E-state index contributed by atoms with van der Waals surface area (Å²) < 4.78 is 10.5. The Bertz CT molecular complexity index is 2560. The molecule has 0 aliphatic carbocycles. The molecule has 5 nitrogen and oxygen atoms in total. The number of rotatable bonds is 4. The number of aromatic nitrogens is 4. The number of ether oxygens (including phenoxy) is 1. The molecule has 7 heteroatoms. The molecule has 0 atom stereocenters. The van der Waals surface area contributed by atoms with Crippen molar-refractivity contribution in [1.29, 1.82) is 0 Å². The van der Waals surface area contributed by atoms with Crippen LogP contribution >= 0.6 is 0 Å². The Hall–Kier alpha value is -4.27. The molecule has 1 aliphatic heterocycles. The predicted octanol–water partition coefficient (Wildman–Crippen LogP) is 11.2. The Morgan fingerprint density at radius 1 is 0.712 bits per heavy atom. The predicted molar refractivity (Wildman–Crippen MR) is 226 cm³/mol. The second-order valence-electron chi connectivity index (χ2n) is 18.8. The molecule has 8 rings (SSSR count). The van der Waals surface area contributed by atoms with Gasteiger partial charge in [-0.15, -0.1) is 0 Å². The van der Waals surface area contributed by atoms with E-state index in [0.717, 1.165) is 56.3 Å². The van der Waals surface area contributed by atoms with E-state index in [1.54, 1.807) is 6.33 Å². The van der Waals surface area contributed by atoms with E-state index in [1.165, 1.54) is 37.0 Å². The summed E-state index contributed by atoms with van der Waals surface area (Å²) in [6, 6.07) is 29.4. The van der Waals surface area contributed by atoms with Crippen LogP contribution in [0.1, 0.15) is 52.8 Å². The van der Waals surface area contributed by atoms with Crippen molar-refractivity contribution >= 4 is 63.6 Å². The van der Waals surface area contributed by atoms with Crippen molar-refractivity contribution in [2.75, 3.05) is 0 Å². The second kappa shape index (κ2) is 11.6. The molecule has 0 amide bonds. The number of fused-ring (bicyclic) bond motifs is 5. The molecule has 0 saturated heterocycles. The third kappa shape index (κ3) is 5.79. The first-order chi connectivity index (χ1) is 24.3. The largest absolute Gasteiger partial charge is 0.252 e. The smallest absolute Gasteiger partial charge is 0.0467 e. The molecule has 0 N–H and O–H groups in total. The van der Waals surface area contributed by atoms with Gasteiger partial charge in [0.1, 0.15) is 0 Å². The fraction of sp³-hybridized carbons (Fsp3) is 0.311. The van der Waals surface area contributed by atoms with Crippen molar-refractivity contribution in [3.05, 3.63) is 96.4 Å². The maximum atomic E-state index is 6.69. The number of para-hydroxylation sites is 1. The number of benzene rings is 4. The first-order valence-electron chi connectivity index (χ1n) is 18.5. The quantitative estimate of drug-likeness (QED) is 0.168. The molecule has 7 aromatic rings. The van der Waals surface area contributed by atoms with Gasteiger partial charge in [-0.2, -0.15) is 0 Å². The van der Waals surface area contributed by atoms with Crippen molar-refractivity contribution in [2.24, 2.45) is 0 Å². The third-order valence-electron chi connectivity index (χ3n) is 10.6. The molecule has 0 saturated carbocycles. The van der Waals surface area contributed by atoms with Gasteiger partial charge in [-0.3, -0.25) is 4.98 Å². The van der Waals surface area contributed by atoms with Gasteiger partial charge in [-0.25, -0.2) is 0 Å². The van der Waals surface area contributed by atoms with Crippen molar-refractivity contribution in [3.63, 3.8) is 0 Å². The second-order valence-corrected chi connectivity index (χ2v) is 34.5. The van der Waals surface area contributed by atoms with Gasteiger partial charge in [0.15, 0.2) is 0 Å². The summed E-state index contributed by atoms with van der Waals surface area (Å²) in [4.78, 5) is 15.0. The fourth-order valence-corrected chi connectivity index (χ4v) is 11.5. The Balaban J connectivity index is 1.42. The van der Waals surface area contributed by atoms with Crippen LogP contribution in [0.3, 0.4) is 0 Å². The minimum atomic E-state index is -2.15. The fourth-order valence-electron chi connectivity index (χ4n) is 7.53. The molecule has 52 heavy (non-hydrogen) atoms. The molecular formula is C45H50GeN4OSi. The van der Waals surface area contributed by atoms with E-state index < -0.39 is 21.3 Å². The van der Waals surface area contributed by atoms with Crippen LogP contribution < -0.4 is 14.3 Å². The average molecular weight is 764 g/mol. The zero-order valence-corrected chi connectivity index (χ0v) is 35.9. The molecular weight excluding hydrogens is 713 g/mol. The van der Waals surface area contributed by atoms with Gasteiger partial charge in [0.2, 0.25) is 0 Å². The summed E-state index contributed by atoms with van der Waals surface area (Å²) in [5, 5.41) is 5.05. The third-order valence-corrected chi connectivity index (χ3v) is 16.9. The standard InChI is InChI=1S/C45H50GeN4OSi/c1-44(2,3)28-21-33(49-40(22-28)45(4,5)6)27-19-36-41(39(20-27)52(10,11)12)31-15-13-14-16-35(31)50(36)30-17-18-37-32(25-30)43-42-34(47-26-48-43)23-29(46(7,8)9)24-38(42)51-37/h13-26H,1-12H3. The minimum Gasteiger partial charge on any atom is -0.252 e. The van der Waals surface area contributed by atoms with Crippen LogP contribution in [0.25, 0.3) is 60.9 Å². The molecule has 0 unspecified atom stereocenters.